The Morgan fingerprint density at radius 2 is 1.29 bits per heavy atom. The van der Waals surface area contributed by atoms with Gasteiger partial charge in [0.1, 0.15) is 0 Å². The van der Waals surface area contributed by atoms with Gasteiger partial charge >= 0.3 is 0 Å². The summed E-state index contributed by atoms with van der Waals surface area (Å²) in [7, 11) is 0. The minimum absolute atomic E-state index is 0.0734. The number of hydrogen-bond donors (Lipinski definition) is 1. The van der Waals surface area contributed by atoms with Crippen LogP contribution in [-0.4, -0.2) is 5.54 Å². The van der Waals surface area contributed by atoms with Crippen LogP contribution < -0.4 is 5.73 Å². The van der Waals surface area contributed by atoms with E-state index in [1.165, 1.54) is 28.7 Å². The van der Waals surface area contributed by atoms with Crippen LogP contribution in [0, 0.1) is 31.6 Å². The number of aryl methyl sites for hydroxylation is 3. The first kappa shape index (κ1) is 16.5. The topological polar surface area (TPSA) is 26.0 Å². The van der Waals surface area contributed by atoms with Crippen molar-refractivity contribution in [2.24, 2.45) is 16.6 Å². The van der Waals surface area contributed by atoms with Crippen LogP contribution in [0.25, 0.3) is 0 Å². The van der Waals surface area contributed by atoms with Crippen molar-refractivity contribution in [1.82, 2.24) is 0 Å². The highest BCUT2D eigenvalue weighted by Gasteiger charge is 2.45. The summed E-state index contributed by atoms with van der Waals surface area (Å²) >= 11 is 0. The minimum atomic E-state index is -0.0734. The molecule has 0 bridgehead atoms. The van der Waals surface area contributed by atoms with E-state index < -0.39 is 0 Å². The molecule has 1 aromatic rings. The van der Waals surface area contributed by atoms with Crippen LogP contribution in [0.3, 0.4) is 0 Å². The summed E-state index contributed by atoms with van der Waals surface area (Å²) in [5, 5.41) is 0. The first-order chi connectivity index (χ1) is 9.41. The first-order valence-corrected chi connectivity index (χ1v) is 8.27. The van der Waals surface area contributed by atoms with E-state index in [-0.39, 0.29) is 5.54 Å². The molecule has 0 saturated heterocycles. The van der Waals surface area contributed by atoms with Gasteiger partial charge in [-0.25, -0.2) is 0 Å². The molecular weight excluding hydrogens is 254 g/mol. The van der Waals surface area contributed by atoms with Crippen LogP contribution >= 0.6 is 0 Å². The zero-order valence-electron chi connectivity index (χ0n) is 15.1. The SMILES string of the molecule is Cc1cc(C)c(CC2(N)CC(C)(C)CC(C)(C)C2)c(C)c1. The van der Waals surface area contributed by atoms with Crippen LogP contribution in [0.15, 0.2) is 12.1 Å². The normalized spacial score (nSPS) is 23.0. The Labute approximate surface area is 131 Å². The van der Waals surface area contributed by atoms with Gasteiger partial charge in [0.05, 0.1) is 0 Å². The van der Waals surface area contributed by atoms with Crippen molar-refractivity contribution in [3.8, 4) is 0 Å². The van der Waals surface area contributed by atoms with Gasteiger partial charge in [-0.2, -0.15) is 0 Å². The van der Waals surface area contributed by atoms with Crippen LogP contribution in [0.4, 0.5) is 0 Å². The third kappa shape index (κ3) is 3.88. The van der Waals surface area contributed by atoms with Crippen LogP contribution in [0.5, 0.6) is 0 Å². The molecule has 2 N–H and O–H groups in total. The van der Waals surface area contributed by atoms with Gasteiger partial charge in [0.15, 0.2) is 0 Å². The molecule has 0 unspecified atom stereocenters. The third-order valence-electron chi connectivity index (χ3n) is 4.99. The number of nitrogens with two attached hydrogens (primary N) is 1. The lowest BCUT2D eigenvalue weighted by atomic mass is 9.57. The lowest BCUT2D eigenvalue weighted by Gasteiger charge is -2.51. The first-order valence-electron chi connectivity index (χ1n) is 8.27. The van der Waals surface area contributed by atoms with E-state index in [2.05, 4.69) is 60.6 Å². The molecule has 118 valence electrons. The maximum atomic E-state index is 6.92. The van der Waals surface area contributed by atoms with Gasteiger partial charge in [-0.1, -0.05) is 45.4 Å². The average molecular weight is 287 g/mol. The molecule has 0 heterocycles. The summed E-state index contributed by atoms with van der Waals surface area (Å²) in [6, 6.07) is 4.59. The third-order valence-corrected chi connectivity index (χ3v) is 4.99. The highest BCUT2D eigenvalue weighted by atomic mass is 14.8. The van der Waals surface area contributed by atoms with Gasteiger partial charge < -0.3 is 5.73 Å². The fraction of sp³-hybridized carbons (Fsp3) is 0.700. The molecule has 0 spiro atoms. The molecule has 0 aliphatic heterocycles. The van der Waals surface area contributed by atoms with Gasteiger partial charge in [0, 0.05) is 5.54 Å². The molecule has 0 aromatic heterocycles. The zero-order chi connectivity index (χ0) is 16.1. The molecule has 2 rings (SSSR count). The van der Waals surface area contributed by atoms with E-state index in [9.17, 15) is 0 Å². The van der Waals surface area contributed by atoms with Crippen molar-refractivity contribution in [2.45, 2.75) is 79.7 Å². The van der Waals surface area contributed by atoms with Gasteiger partial charge in [-0.3, -0.25) is 0 Å². The lowest BCUT2D eigenvalue weighted by molar-refractivity contribution is 0.0486. The van der Waals surface area contributed by atoms with E-state index >= 15 is 0 Å². The highest BCUT2D eigenvalue weighted by molar-refractivity contribution is 5.38. The number of rotatable bonds is 2. The Balaban J connectivity index is 2.34. The quantitative estimate of drug-likeness (QED) is 0.805. The molecule has 1 aliphatic carbocycles. The molecule has 1 aromatic carbocycles. The fourth-order valence-corrected chi connectivity index (χ4v) is 5.35. The Morgan fingerprint density at radius 1 is 0.857 bits per heavy atom. The van der Waals surface area contributed by atoms with Crippen molar-refractivity contribution in [1.29, 1.82) is 0 Å². The van der Waals surface area contributed by atoms with Crippen molar-refractivity contribution < 1.29 is 0 Å². The summed E-state index contributed by atoms with van der Waals surface area (Å²) in [6.07, 6.45) is 4.52. The summed E-state index contributed by atoms with van der Waals surface area (Å²) in [5.74, 6) is 0. The monoisotopic (exact) mass is 287 g/mol. The van der Waals surface area contributed by atoms with Gasteiger partial charge in [0.25, 0.3) is 0 Å². The van der Waals surface area contributed by atoms with Crippen molar-refractivity contribution in [3.05, 3.63) is 34.4 Å². The molecule has 1 heteroatoms. The number of hydrogen-bond acceptors (Lipinski definition) is 1. The summed E-state index contributed by atoms with van der Waals surface area (Å²) in [6.45, 7) is 16.2. The predicted octanol–water partition coefficient (Wildman–Crippen LogP) is 5.09. The molecule has 1 aliphatic rings. The smallest absolute Gasteiger partial charge is 0.0205 e. The molecule has 1 saturated carbocycles. The van der Waals surface area contributed by atoms with E-state index in [1.54, 1.807) is 0 Å². The predicted molar refractivity (Wildman–Crippen MR) is 92.7 cm³/mol. The Bertz CT molecular complexity index is 498. The van der Waals surface area contributed by atoms with Gasteiger partial charge in [-0.15, -0.1) is 0 Å². The molecule has 1 nitrogen and oxygen atoms in total. The van der Waals surface area contributed by atoms with E-state index in [0.29, 0.717) is 10.8 Å². The maximum Gasteiger partial charge on any atom is 0.0205 e. The van der Waals surface area contributed by atoms with Gasteiger partial charge in [-0.05, 0) is 74.0 Å². The summed E-state index contributed by atoms with van der Waals surface area (Å²) in [5.41, 5.74) is 13.1. The van der Waals surface area contributed by atoms with E-state index in [0.717, 1.165) is 19.3 Å². The van der Waals surface area contributed by atoms with E-state index in [1.807, 2.05) is 0 Å². The molecular formula is C20H33N. The second-order valence-electron chi connectivity index (χ2n) is 9.28. The van der Waals surface area contributed by atoms with Crippen molar-refractivity contribution in [2.75, 3.05) is 0 Å². The standard InChI is InChI=1S/C20H33N/c1-14-8-15(2)17(16(3)9-14)10-20(21)12-18(4,5)11-19(6,7)13-20/h8-9H,10-13,21H2,1-7H3. The summed E-state index contributed by atoms with van der Waals surface area (Å²) in [4.78, 5) is 0. The Morgan fingerprint density at radius 3 is 1.71 bits per heavy atom. The maximum absolute atomic E-state index is 6.92. The van der Waals surface area contributed by atoms with Gasteiger partial charge in [0.2, 0.25) is 0 Å². The molecule has 0 atom stereocenters. The van der Waals surface area contributed by atoms with Crippen LogP contribution in [0.1, 0.15) is 69.2 Å². The second-order valence-corrected chi connectivity index (χ2v) is 9.28. The largest absolute Gasteiger partial charge is 0.325 e. The van der Waals surface area contributed by atoms with Crippen molar-refractivity contribution >= 4 is 0 Å². The lowest BCUT2D eigenvalue weighted by Crippen LogP contribution is -2.53. The average Bonchev–Trinajstić information content (AvgIpc) is 2.17. The number of benzene rings is 1. The fourth-order valence-electron chi connectivity index (χ4n) is 5.35. The van der Waals surface area contributed by atoms with Crippen molar-refractivity contribution in [3.63, 3.8) is 0 Å². The molecule has 21 heavy (non-hydrogen) atoms. The minimum Gasteiger partial charge on any atom is -0.325 e. The zero-order valence-corrected chi connectivity index (χ0v) is 15.1. The molecule has 1 fully saturated rings. The van der Waals surface area contributed by atoms with E-state index in [4.69, 9.17) is 5.73 Å². The second kappa shape index (κ2) is 5.12. The molecule has 0 amide bonds. The Kier molecular flexibility index (Phi) is 4.04. The Hall–Kier alpha value is -0.820. The summed E-state index contributed by atoms with van der Waals surface area (Å²) < 4.78 is 0. The molecule has 0 radical (unpaired) electrons. The highest BCUT2D eigenvalue weighted by Crippen LogP contribution is 2.50. The van der Waals surface area contributed by atoms with Crippen LogP contribution in [-0.2, 0) is 6.42 Å². The van der Waals surface area contributed by atoms with Crippen LogP contribution in [0.2, 0.25) is 0 Å².